The molecule has 0 aliphatic carbocycles. The van der Waals surface area contributed by atoms with Gasteiger partial charge in [-0.2, -0.15) is 0 Å². The molecular weight excluding hydrogens is 374 g/mol. The van der Waals surface area contributed by atoms with Gasteiger partial charge in [0.15, 0.2) is 15.9 Å². The van der Waals surface area contributed by atoms with Crippen molar-refractivity contribution in [3.63, 3.8) is 0 Å². The Bertz CT molecular complexity index is 911. The lowest BCUT2D eigenvalue weighted by atomic mass is 9.87. The third kappa shape index (κ3) is 5.83. The summed E-state index contributed by atoms with van der Waals surface area (Å²) in [6, 6.07) is 14.0. The van der Waals surface area contributed by atoms with Crippen LogP contribution >= 0.6 is 0 Å². The van der Waals surface area contributed by atoms with Gasteiger partial charge in [0.05, 0.1) is 10.9 Å². The SMILES string of the molecule is CC(Oc1ccc(C(C)(C)C)cc1)C(=O)NC(C)c1ccc(S(C)(=O)=O)cc1. The number of nitrogens with one attached hydrogen (secondary N) is 1. The number of ether oxygens (including phenoxy) is 1. The van der Waals surface area contributed by atoms with Crippen LogP contribution < -0.4 is 10.1 Å². The van der Waals surface area contributed by atoms with Crippen molar-refractivity contribution in [2.75, 3.05) is 6.26 Å². The fourth-order valence-electron chi connectivity index (χ4n) is 2.71. The van der Waals surface area contributed by atoms with Crippen molar-refractivity contribution >= 4 is 15.7 Å². The topological polar surface area (TPSA) is 72.5 Å². The van der Waals surface area contributed by atoms with Crippen LogP contribution in [0.4, 0.5) is 0 Å². The van der Waals surface area contributed by atoms with Crippen molar-refractivity contribution in [3.8, 4) is 5.75 Å². The smallest absolute Gasteiger partial charge is 0.261 e. The zero-order valence-electron chi connectivity index (χ0n) is 17.3. The van der Waals surface area contributed by atoms with Crippen molar-refractivity contribution in [1.29, 1.82) is 0 Å². The maximum absolute atomic E-state index is 12.5. The van der Waals surface area contributed by atoms with Gasteiger partial charge >= 0.3 is 0 Å². The van der Waals surface area contributed by atoms with Gasteiger partial charge in [0.1, 0.15) is 5.75 Å². The van der Waals surface area contributed by atoms with Crippen LogP contribution in [0.25, 0.3) is 0 Å². The van der Waals surface area contributed by atoms with Crippen LogP contribution in [0.2, 0.25) is 0 Å². The van der Waals surface area contributed by atoms with E-state index in [1.54, 1.807) is 31.2 Å². The third-order valence-electron chi connectivity index (χ3n) is 4.57. The summed E-state index contributed by atoms with van der Waals surface area (Å²) in [7, 11) is -3.24. The summed E-state index contributed by atoms with van der Waals surface area (Å²) in [6.45, 7) is 9.97. The summed E-state index contributed by atoms with van der Waals surface area (Å²) in [5, 5.41) is 2.90. The second kappa shape index (κ2) is 8.35. The Hall–Kier alpha value is -2.34. The molecule has 0 radical (unpaired) electrons. The molecule has 2 aromatic carbocycles. The molecule has 0 aliphatic heterocycles. The molecule has 152 valence electrons. The molecule has 0 spiro atoms. The standard InChI is InChI=1S/C22H29NO4S/c1-15(17-7-13-20(14-8-17)28(6,25)26)23-21(24)16(2)27-19-11-9-18(10-12-19)22(3,4)5/h7-16H,1-6H3,(H,23,24). The van der Waals surface area contributed by atoms with E-state index in [-0.39, 0.29) is 22.3 Å². The van der Waals surface area contributed by atoms with Crippen molar-refractivity contribution < 1.29 is 17.9 Å². The van der Waals surface area contributed by atoms with Crippen molar-refractivity contribution in [2.45, 2.75) is 57.1 Å². The largest absolute Gasteiger partial charge is 0.481 e. The number of carbonyl (C=O) groups is 1. The molecule has 0 aromatic heterocycles. The highest BCUT2D eigenvalue weighted by Gasteiger charge is 2.19. The molecule has 0 bridgehead atoms. The molecule has 1 N–H and O–H groups in total. The van der Waals surface area contributed by atoms with E-state index in [1.807, 2.05) is 31.2 Å². The molecule has 0 aliphatic rings. The Balaban J connectivity index is 1.98. The molecule has 2 rings (SSSR count). The van der Waals surface area contributed by atoms with E-state index >= 15 is 0 Å². The fourth-order valence-corrected chi connectivity index (χ4v) is 3.34. The molecule has 0 fully saturated rings. The van der Waals surface area contributed by atoms with Crippen molar-refractivity contribution in [3.05, 3.63) is 59.7 Å². The number of carbonyl (C=O) groups excluding carboxylic acids is 1. The number of sulfone groups is 1. The quantitative estimate of drug-likeness (QED) is 0.790. The number of benzene rings is 2. The molecule has 2 unspecified atom stereocenters. The van der Waals surface area contributed by atoms with Gasteiger partial charge in [-0.05, 0) is 54.7 Å². The second-order valence-electron chi connectivity index (χ2n) is 8.11. The molecule has 2 aromatic rings. The van der Waals surface area contributed by atoms with Gasteiger partial charge in [-0.1, -0.05) is 45.0 Å². The normalized spacial score (nSPS) is 14.2. The van der Waals surface area contributed by atoms with E-state index in [1.165, 1.54) is 11.8 Å². The molecule has 0 saturated carbocycles. The van der Waals surface area contributed by atoms with E-state index < -0.39 is 15.9 Å². The summed E-state index contributed by atoms with van der Waals surface area (Å²) >= 11 is 0. The summed E-state index contributed by atoms with van der Waals surface area (Å²) in [4.78, 5) is 12.7. The molecule has 1 amide bonds. The summed E-state index contributed by atoms with van der Waals surface area (Å²) in [5.74, 6) is 0.403. The Morgan fingerprint density at radius 2 is 1.50 bits per heavy atom. The summed E-state index contributed by atoms with van der Waals surface area (Å²) in [6.07, 6.45) is 0.513. The van der Waals surface area contributed by atoms with Crippen molar-refractivity contribution in [1.82, 2.24) is 5.32 Å². The molecule has 6 heteroatoms. The van der Waals surface area contributed by atoms with E-state index in [9.17, 15) is 13.2 Å². The first-order valence-electron chi connectivity index (χ1n) is 9.25. The zero-order chi connectivity index (χ0) is 21.1. The lowest BCUT2D eigenvalue weighted by Gasteiger charge is -2.21. The van der Waals surface area contributed by atoms with Crippen LogP contribution in [0.3, 0.4) is 0 Å². The summed E-state index contributed by atoms with van der Waals surface area (Å²) < 4.78 is 28.8. The molecule has 0 heterocycles. The average Bonchev–Trinajstić information content (AvgIpc) is 2.60. The second-order valence-corrected chi connectivity index (χ2v) is 10.1. The van der Waals surface area contributed by atoms with Crippen LogP contribution in [0.1, 0.15) is 51.8 Å². The predicted octanol–water partition coefficient (Wildman–Crippen LogP) is 4.03. The first-order valence-corrected chi connectivity index (χ1v) is 11.1. The van der Waals surface area contributed by atoms with E-state index in [0.717, 1.165) is 5.56 Å². The number of hydrogen-bond acceptors (Lipinski definition) is 4. The maximum Gasteiger partial charge on any atom is 0.261 e. The number of amides is 1. The predicted molar refractivity (Wildman–Crippen MR) is 111 cm³/mol. The van der Waals surface area contributed by atoms with Gasteiger partial charge in [0, 0.05) is 6.26 Å². The minimum Gasteiger partial charge on any atom is -0.481 e. The van der Waals surface area contributed by atoms with E-state index in [4.69, 9.17) is 4.74 Å². The lowest BCUT2D eigenvalue weighted by molar-refractivity contribution is -0.127. The van der Waals surface area contributed by atoms with Crippen LogP contribution in [0.5, 0.6) is 5.75 Å². The highest BCUT2D eigenvalue weighted by atomic mass is 32.2. The minimum atomic E-state index is -3.24. The fraction of sp³-hybridized carbons (Fsp3) is 0.409. The van der Waals surface area contributed by atoms with Gasteiger partial charge in [-0.3, -0.25) is 4.79 Å². The van der Waals surface area contributed by atoms with Crippen LogP contribution in [-0.4, -0.2) is 26.7 Å². The van der Waals surface area contributed by atoms with E-state index in [0.29, 0.717) is 5.75 Å². The first kappa shape index (κ1) is 22.0. The maximum atomic E-state index is 12.5. The molecular formula is C22H29NO4S. The van der Waals surface area contributed by atoms with Gasteiger partial charge in [0.25, 0.3) is 5.91 Å². The molecule has 5 nitrogen and oxygen atoms in total. The third-order valence-corrected chi connectivity index (χ3v) is 5.70. The highest BCUT2D eigenvalue weighted by Crippen LogP contribution is 2.25. The van der Waals surface area contributed by atoms with Gasteiger partial charge in [0.2, 0.25) is 0 Å². The zero-order valence-corrected chi connectivity index (χ0v) is 18.1. The lowest BCUT2D eigenvalue weighted by Crippen LogP contribution is -2.37. The summed E-state index contributed by atoms with van der Waals surface area (Å²) in [5.41, 5.74) is 2.08. The Kier molecular flexibility index (Phi) is 6.55. The minimum absolute atomic E-state index is 0.0591. The van der Waals surface area contributed by atoms with Crippen LogP contribution in [0.15, 0.2) is 53.4 Å². The first-order chi connectivity index (χ1) is 12.9. The Morgan fingerprint density at radius 1 is 0.964 bits per heavy atom. The Morgan fingerprint density at radius 3 is 1.96 bits per heavy atom. The van der Waals surface area contributed by atoms with Gasteiger partial charge in [-0.15, -0.1) is 0 Å². The van der Waals surface area contributed by atoms with E-state index in [2.05, 4.69) is 26.1 Å². The monoisotopic (exact) mass is 403 g/mol. The molecule has 28 heavy (non-hydrogen) atoms. The molecule has 0 saturated heterocycles. The highest BCUT2D eigenvalue weighted by molar-refractivity contribution is 7.90. The molecule has 2 atom stereocenters. The van der Waals surface area contributed by atoms with Crippen LogP contribution in [-0.2, 0) is 20.0 Å². The van der Waals surface area contributed by atoms with Gasteiger partial charge in [-0.25, -0.2) is 8.42 Å². The van der Waals surface area contributed by atoms with Gasteiger partial charge < -0.3 is 10.1 Å². The number of rotatable bonds is 6. The Labute approximate surface area is 168 Å². The average molecular weight is 404 g/mol. The van der Waals surface area contributed by atoms with Crippen molar-refractivity contribution in [2.24, 2.45) is 0 Å². The number of hydrogen-bond donors (Lipinski definition) is 1. The van der Waals surface area contributed by atoms with Crippen LogP contribution in [0, 0.1) is 0 Å².